The summed E-state index contributed by atoms with van der Waals surface area (Å²) in [7, 11) is 1.68. The third-order valence-corrected chi connectivity index (χ3v) is 3.65. The average Bonchev–Trinajstić information content (AvgIpc) is 2.54. The highest BCUT2D eigenvalue weighted by atomic mass is 35.5. The fourth-order valence-electron chi connectivity index (χ4n) is 2.28. The van der Waals surface area contributed by atoms with Crippen LogP contribution in [0.15, 0.2) is 65.7 Å². The molecule has 0 amide bonds. The van der Waals surface area contributed by atoms with Gasteiger partial charge in [0.2, 0.25) is 0 Å². The molecule has 104 valence electrons. The van der Waals surface area contributed by atoms with Gasteiger partial charge in [-0.1, -0.05) is 48.0 Å². The van der Waals surface area contributed by atoms with Crippen molar-refractivity contribution in [1.82, 2.24) is 0 Å². The van der Waals surface area contributed by atoms with Crippen molar-refractivity contribution < 1.29 is 4.74 Å². The molecule has 2 nitrogen and oxygen atoms in total. The zero-order valence-electron chi connectivity index (χ0n) is 11.6. The first-order valence-corrected chi connectivity index (χ1v) is 7.02. The molecule has 0 saturated heterocycles. The molecule has 21 heavy (non-hydrogen) atoms. The van der Waals surface area contributed by atoms with Crippen LogP contribution in [-0.2, 0) is 0 Å². The first-order valence-electron chi connectivity index (χ1n) is 6.64. The standard InChI is InChI=1S/C18H14ClNO/c1-21-18-11-10-13(14-6-2-3-7-15(14)18)12-20-17-9-5-4-8-16(17)19/h2-12H,1H3. The molecule has 0 aliphatic heterocycles. The molecule has 0 radical (unpaired) electrons. The number of hydrogen-bond acceptors (Lipinski definition) is 2. The zero-order chi connectivity index (χ0) is 14.7. The Labute approximate surface area is 128 Å². The number of halogens is 1. The van der Waals surface area contributed by atoms with Crippen LogP contribution in [0.4, 0.5) is 5.69 Å². The summed E-state index contributed by atoms with van der Waals surface area (Å²) in [5, 5.41) is 2.82. The van der Waals surface area contributed by atoms with Gasteiger partial charge in [0.1, 0.15) is 5.75 Å². The highest BCUT2D eigenvalue weighted by Crippen LogP contribution is 2.28. The summed E-state index contributed by atoms with van der Waals surface area (Å²) in [6.07, 6.45) is 1.84. The topological polar surface area (TPSA) is 21.6 Å². The number of methoxy groups -OCH3 is 1. The number of rotatable bonds is 3. The lowest BCUT2D eigenvalue weighted by atomic mass is 10.0. The zero-order valence-corrected chi connectivity index (χ0v) is 12.3. The second-order valence-corrected chi connectivity index (χ2v) is 5.02. The molecule has 3 rings (SSSR count). The van der Waals surface area contributed by atoms with Crippen LogP contribution >= 0.6 is 11.6 Å². The van der Waals surface area contributed by atoms with Crippen LogP contribution in [0.25, 0.3) is 10.8 Å². The van der Waals surface area contributed by atoms with Crippen LogP contribution in [0.3, 0.4) is 0 Å². The molecule has 0 heterocycles. The summed E-state index contributed by atoms with van der Waals surface area (Å²) in [4.78, 5) is 4.48. The lowest BCUT2D eigenvalue weighted by molar-refractivity contribution is 0.420. The number of ether oxygens (including phenoxy) is 1. The minimum Gasteiger partial charge on any atom is -0.496 e. The smallest absolute Gasteiger partial charge is 0.126 e. The van der Waals surface area contributed by atoms with Crippen molar-refractivity contribution in [3.8, 4) is 5.75 Å². The Bertz CT molecular complexity index is 811. The van der Waals surface area contributed by atoms with Crippen molar-refractivity contribution >= 4 is 34.3 Å². The second-order valence-electron chi connectivity index (χ2n) is 4.61. The summed E-state index contributed by atoms with van der Waals surface area (Å²) < 4.78 is 5.40. The fraction of sp³-hybridized carbons (Fsp3) is 0.0556. The number of fused-ring (bicyclic) bond motifs is 1. The van der Waals surface area contributed by atoms with Gasteiger partial charge in [0.15, 0.2) is 0 Å². The third-order valence-electron chi connectivity index (χ3n) is 3.33. The highest BCUT2D eigenvalue weighted by Gasteiger charge is 2.04. The van der Waals surface area contributed by atoms with Crippen molar-refractivity contribution in [2.45, 2.75) is 0 Å². The van der Waals surface area contributed by atoms with E-state index in [1.54, 1.807) is 7.11 Å². The van der Waals surface area contributed by atoms with Gasteiger partial charge in [-0.25, -0.2) is 0 Å². The molecule has 0 aliphatic carbocycles. The Morgan fingerprint density at radius 1 is 0.905 bits per heavy atom. The molecular formula is C18H14ClNO. The summed E-state index contributed by atoms with van der Waals surface area (Å²) >= 11 is 6.12. The van der Waals surface area contributed by atoms with Gasteiger partial charge in [0.25, 0.3) is 0 Å². The van der Waals surface area contributed by atoms with Gasteiger partial charge in [0.05, 0.1) is 17.8 Å². The maximum Gasteiger partial charge on any atom is 0.126 e. The predicted octanol–water partition coefficient (Wildman–Crippen LogP) is 5.25. The Morgan fingerprint density at radius 2 is 1.62 bits per heavy atom. The molecule has 0 unspecified atom stereocenters. The molecule has 3 heteroatoms. The van der Waals surface area contributed by atoms with E-state index in [4.69, 9.17) is 16.3 Å². The van der Waals surface area contributed by atoms with E-state index < -0.39 is 0 Å². The van der Waals surface area contributed by atoms with E-state index >= 15 is 0 Å². The summed E-state index contributed by atoms with van der Waals surface area (Å²) in [5.41, 5.74) is 1.80. The average molecular weight is 296 g/mol. The maximum atomic E-state index is 6.12. The molecule has 0 aromatic heterocycles. The van der Waals surface area contributed by atoms with E-state index in [0.717, 1.165) is 27.8 Å². The molecule has 3 aromatic carbocycles. The van der Waals surface area contributed by atoms with Crippen molar-refractivity contribution in [3.05, 3.63) is 71.2 Å². The van der Waals surface area contributed by atoms with Crippen molar-refractivity contribution in [2.24, 2.45) is 4.99 Å². The van der Waals surface area contributed by atoms with Crippen LogP contribution in [0.2, 0.25) is 5.02 Å². The Morgan fingerprint density at radius 3 is 2.38 bits per heavy atom. The van der Waals surface area contributed by atoms with Gasteiger partial charge in [0, 0.05) is 17.2 Å². The Balaban J connectivity index is 2.08. The number of aliphatic imine (C=N–C) groups is 1. The van der Waals surface area contributed by atoms with Crippen LogP contribution < -0.4 is 4.74 Å². The van der Waals surface area contributed by atoms with Gasteiger partial charge in [-0.3, -0.25) is 4.99 Å². The van der Waals surface area contributed by atoms with E-state index in [1.165, 1.54) is 0 Å². The van der Waals surface area contributed by atoms with Gasteiger partial charge in [-0.15, -0.1) is 0 Å². The molecule has 0 aliphatic rings. The third kappa shape index (κ3) is 2.76. The van der Waals surface area contributed by atoms with E-state index in [1.807, 2.05) is 60.8 Å². The molecule has 0 atom stereocenters. The highest BCUT2D eigenvalue weighted by molar-refractivity contribution is 6.33. The van der Waals surface area contributed by atoms with E-state index in [-0.39, 0.29) is 0 Å². The minimum absolute atomic E-state index is 0.645. The summed E-state index contributed by atoms with van der Waals surface area (Å²) in [6, 6.07) is 19.6. The van der Waals surface area contributed by atoms with Gasteiger partial charge in [-0.05, 0) is 29.7 Å². The number of benzene rings is 3. The van der Waals surface area contributed by atoms with Gasteiger partial charge >= 0.3 is 0 Å². The SMILES string of the molecule is COc1ccc(C=Nc2ccccc2Cl)c2ccccc12. The van der Waals surface area contributed by atoms with E-state index in [2.05, 4.69) is 11.1 Å². The normalized spacial score (nSPS) is 11.1. The molecule has 3 aromatic rings. The first-order chi connectivity index (χ1) is 10.3. The van der Waals surface area contributed by atoms with Gasteiger partial charge < -0.3 is 4.74 Å². The first kappa shape index (κ1) is 13.7. The Hall–Kier alpha value is -2.32. The summed E-state index contributed by atoms with van der Waals surface area (Å²) in [5.74, 6) is 0.862. The quantitative estimate of drug-likeness (QED) is 0.605. The minimum atomic E-state index is 0.645. The number of nitrogens with zero attached hydrogens (tertiary/aromatic N) is 1. The second kappa shape index (κ2) is 5.98. The van der Waals surface area contributed by atoms with Gasteiger partial charge in [-0.2, -0.15) is 0 Å². The molecule has 0 bridgehead atoms. The van der Waals surface area contributed by atoms with Crippen LogP contribution in [0.5, 0.6) is 5.75 Å². The van der Waals surface area contributed by atoms with E-state index in [0.29, 0.717) is 5.02 Å². The van der Waals surface area contributed by atoms with Crippen molar-refractivity contribution in [3.63, 3.8) is 0 Å². The monoisotopic (exact) mass is 295 g/mol. The predicted molar refractivity (Wildman–Crippen MR) is 89.2 cm³/mol. The van der Waals surface area contributed by atoms with Crippen molar-refractivity contribution in [2.75, 3.05) is 7.11 Å². The van der Waals surface area contributed by atoms with Crippen molar-refractivity contribution in [1.29, 1.82) is 0 Å². The number of para-hydroxylation sites is 1. The summed E-state index contributed by atoms with van der Waals surface area (Å²) in [6.45, 7) is 0. The molecular weight excluding hydrogens is 282 g/mol. The molecule has 0 N–H and O–H groups in total. The lowest BCUT2D eigenvalue weighted by Crippen LogP contribution is -1.89. The fourth-order valence-corrected chi connectivity index (χ4v) is 2.47. The molecule has 0 spiro atoms. The number of hydrogen-bond donors (Lipinski definition) is 0. The largest absolute Gasteiger partial charge is 0.496 e. The maximum absolute atomic E-state index is 6.12. The van der Waals surface area contributed by atoms with Crippen LogP contribution in [0, 0.1) is 0 Å². The Kier molecular flexibility index (Phi) is 3.89. The lowest BCUT2D eigenvalue weighted by Gasteiger charge is -2.07. The van der Waals surface area contributed by atoms with Crippen LogP contribution in [0.1, 0.15) is 5.56 Å². The molecule has 0 fully saturated rings. The van der Waals surface area contributed by atoms with Crippen LogP contribution in [-0.4, -0.2) is 13.3 Å². The van der Waals surface area contributed by atoms with E-state index in [9.17, 15) is 0 Å². The molecule has 0 saturated carbocycles.